The van der Waals surface area contributed by atoms with Crippen molar-refractivity contribution in [3.8, 4) is 11.6 Å². The number of rotatable bonds is 8. The number of hydrogen-bond donors (Lipinski definition) is 1. The van der Waals surface area contributed by atoms with Crippen LogP contribution in [-0.4, -0.2) is 24.1 Å². The molecule has 0 unspecified atom stereocenters. The van der Waals surface area contributed by atoms with Gasteiger partial charge in [-0.3, -0.25) is 4.79 Å². The molecule has 1 amide bonds. The molecular formula is C20H24N2O3. The second kappa shape index (κ2) is 8.01. The maximum absolute atomic E-state index is 12.3. The normalized spacial score (nSPS) is 13.4. The van der Waals surface area contributed by atoms with Crippen LogP contribution in [-0.2, 0) is 6.54 Å². The molecule has 0 spiro atoms. The highest BCUT2D eigenvalue weighted by molar-refractivity contribution is 5.94. The predicted molar refractivity (Wildman–Crippen MR) is 96.0 cm³/mol. The molecule has 0 saturated heterocycles. The summed E-state index contributed by atoms with van der Waals surface area (Å²) < 4.78 is 11.2. The summed E-state index contributed by atoms with van der Waals surface area (Å²) in [6, 6.07) is 9.23. The summed E-state index contributed by atoms with van der Waals surface area (Å²) >= 11 is 0. The fourth-order valence-electron chi connectivity index (χ4n) is 2.52. The van der Waals surface area contributed by atoms with Gasteiger partial charge < -0.3 is 14.8 Å². The van der Waals surface area contributed by atoms with Gasteiger partial charge in [0.15, 0.2) is 0 Å². The van der Waals surface area contributed by atoms with Gasteiger partial charge in [0.05, 0.1) is 13.2 Å². The first kappa shape index (κ1) is 17.3. The van der Waals surface area contributed by atoms with E-state index in [1.54, 1.807) is 12.3 Å². The number of pyridine rings is 1. The van der Waals surface area contributed by atoms with E-state index in [2.05, 4.69) is 10.3 Å². The molecule has 0 atom stereocenters. The van der Waals surface area contributed by atoms with Crippen molar-refractivity contribution in [2.24, 2.45) is 5.92 Å². The van der Waals surface area contributed by atoms with Gasteiger partial charge in [-0.25, -0.2) is 4.98 Å². The number of carbonyl (C=O) groups excluding carboxylic acids is 1. The van der Waals surface area contributed by atoms with E-state index in [1.807, 2.05) is 38.1 Å². The fourth-order valence-corrected chi connectivity index (χ4v) is 2.52. The van der Waals surface area contributed by atoms with Gasteiger partial charge in [0.2, 0.25) is 5.88 Å². The summed E-state index contributed by atoms with van der Waals surface area (Å²) in [6.45, 7) is 5.66. The van der Waals surface area contributed by atoms with Crippen LogP contribution in [0, 0.1) is 12.8 Å². The van der Waals surface area contributed by atoms with Crippen LogP contribution in [0.5, 0.6) is 11.6 Å². The molecule has 1 N–H and O–H groups in total. The van der Waals surface area contributed by atoms with Crippen molar-refractivity contribution in [2.75, 3.05) is 13.2 Å². The van der Waals surface area contributed by atoms with Crippen molar-refractivity contribution in [1.82, 2.24) is 10.3 Å². The van der Waals surface area contributed by atoms with Crippen LogP contribution in [0.15, 0.2) is 36.5 Å². The molecule has 1 heterocycles. The van der Waals surface area contributed by atoms with Crippen LogP contribution in [0.2, 0.25) is 0 Å². The van der Waals surface area contributed by atoms with Crippen molar-refractivity contribution >= 4 is 5.91 Å². The average molecular weight is 340 g/mol. The lowest BCUT2D eigenvalue weighted by Gasteiger charge is -2.10. The third-order valence-electron chi connectivity index (χ3n) is 4.15. The molecule has 2 aromatic rings. The van der Waals surface area contributed by atoms with Crippen molar-refractivity contribution < 1.29 is 14.3 Å². The Kier molecular flexibility index (Phi) is 5.53. The molecule has 1 fully saturated rings. The third kappa shape index (κ3) is 4.95. The molecule has 0 radical (unpaired) electrons. The zero-order valence-corrected chi connectivity index (χ0v) is 14.7. The lowest BCUT2D eigenvalue weighted by molar-refractivity contribution is 0.0950. The fraction of sp³-hybridized carbons (Fsp3) is 0.400. The number of nitrogens with one attached hydrogen (secondary N) is 1. The number of aryl methyl sites for hydroxylation is 1. The van der Waals surface area contributed by atoms with E-state index in [0.717, 1.165) is 23.5 Å². The molecule has 3 rings (SSSR count). The van der Waals surface area contributed by atoms with Gasteiger partial charge in [0.25, 0.3) is 5.91 Å². The number of hydrogen-bond acceptors (Lipinski definition) is 4. The minimum absolute atomic E-state index is 0.108. The first-order chi connectivity index (χ1) is 12.2. The molecule has 1 aromatic carbocycles. The Bertz CT molecular complexity index is 741. The number of ether oxygens (including phenoxy) is 2. The minimum atomic E-state index is -0.108. The van der Waals surface area contributed by atoms with Crippen LogP contribution in [0.3, 0.4) is 0 Å². The first-order valence-corrected chi connectivity index (χ1v) is 8.75. The van der Waals surface area contributed by atoms with Crippen molar-refractivity contribution in [2.45, 2.75) is 33.2 Å². The number of carbonyl (C=O) groups is 1. The van der Waals surface area contributed by atoms with Crippen molar-refractivity contribution in [1.29, 1.82) is 0 Å². The average Bonchev–Trinajstić information content (AvgIpc) is 3.44. The second-order valence-corrected chi connectivity index (χ2v) is 6.35. The molecule has 1 aliphatic rings. The Morgan fingerprint density at radius 3 is 2.80 bits per heavy atom. The Morgan fingerprint density at radius 2 is 2.08 bits per heavy atom. The first-order valence-electron chi connectivity index (χ1n) is 8.75. The van der Waals surface area contributed by atoms with Gasteiger partial charge in [0, 0.05) is 24.4 Å². The van der Waals surface area contributed by atoms with E-state index in [1.165, 1.54) is 12.8 Å². The monoisotopic (exact) mass is 340 g/mol. The quantitative estimate of drug-likeness (QED) is 0.799. The molecule has 0 aliphatic heterocycles. The number of amides is 1. The van der Waals surface area contributed by atoms with Crippen molar-refractivity contribution in [3.05, 3.63) is 53.2 Å². The van der Waals surface area contributed by atoms with Gasteiger partial charge in [-0.2, -0.15) is 0 Å². The molecule has 1 saturated carbocycles. The summed E-state index contributed by atoms with van der Waals surface area (Å²) in [5.41, 5.74) is 2.55. The highest BCUT2D eigenvalue weighted by Crippen LogP contribution is 2.29. The van der Waals surface area contributed by atoms with Crippen LogP contribution < -0.4 is 14.8 Å². The molecule has 0 bridgehead atoms. The van der Waals surface area contributed by atoms with Crippen LogP contribution in [0.4, 0.5) is 0 Å². The molecular weight excluding hydrogens is 316 g/mol. The zero-order valence-electron chi connectivity index (χ0n) is 14.7. The molecule has 1 aromatic heterocycles. The molecule has 1 aliphatic carbocycles. The maximum Gasteiger partial charge on any atom is 0.251 e. The summed E-state index contributed by atoms with van der Waals surface area (Å²) in [6.07, 6.45) is 4.21. The van der Waals surface area contributed by atoms with Gasteiger partial charge in [0.1, 0.15) is 5.75 Å². The topological polar surface area (TPSA) is 60.5 Å². The molecule has 132 valence electrons. The van der Waals surface area contributed by atoms with E-state index in [4.69, 9.17) is 9.47 Å². The number of nitrogens with zero attached hydrogens (tertiary/aromatic N) is 1. The lowest BCUT2D eigenvalue weighted by atomic mass is 10.1. The Morgan fingerprint density at radius 1 is 1.24 bits per heavy atom. The Labute approximate surface area is 148 Å². The van der Waals surface area contributed by atoms with E-state index >= 15 is 0 Å². The SMILES string of the molecule is CCOc1ccc(C(=O)NCc2ccnc(OCC3CC3)c2)cc1C. The minimum Gasteiger partial charge on any atom is -0.494 e. The largest absolute Gasteiger partial charge is 0.494 e. The van der Waals surface area contributed by atoms with Crippen LogP contribution >= 0.6 is 0 Å². The molecule has 25 heavy (non-hydrogen) atoms. The van der Waals surface area contributed by atoms with E-state index in [9.17, 15) is 4.79 Å². The van der Waals surface area contributed by atoms with E-state index in [0.29, 0.717) is 30.5 Å². The summed E-state index contributed by atoms with van der Waals surface area (Å²) in [4.78, 5) is 16.6. The van der Waals surface area contributed by atoms with E-state index in [-0.39, 0.29) is 5.91 Å². The highest BCUT2D eigenvalue weighted by Gasteiger charge is 2.22. The number of benzene rings is 1. The van der Waals surface area contributed by atoms with Gasteiger partial charge in [-0.05, 0) is 68.0 Å². The van der Waals surface area contributed by atoms with Gasteiger partial charge in [-0.1, -0.05) is 0 Å². The van der Waals surface area contributed by atoms with E-state index < -0.39 is 0 Å². The molecule has 5 nitrogen and oxygen atoms in total. The second-order valence-electron chi connectivity index (χ2n) is 6.35. The number of aromatic nitrogens is 1. The standard InChI is InChI=1S/C20H24N2O3/c1-3-24-18-7-6-17(10-14(18)2)20(23)22-12-16-8-9-21-19(11-16)25-13-15-4-5-15/h6-11,15H,3-5,12-13H2,1-2H3,(H,22,23). The van der Waals surface area contributed by atoms with Gasteiger partial charge in [-0.15, -0.1) is 0 Å². The van der Waals surface area contributed by atoms with Gasteiger partial charge >= 0.3 is 0 Å². The lowest BCUT2D eigenvalue weighted by Crippen LogP contribution is -2.23. The van der Waals surface area contributed by atoms with Crippen LogP contribution in [0.25, 0.3) is 0 Å². The third-order valence-corrected chi connectivity index (χ3v) is 4.15. The Balaban J connectivity index is 1.56. The van der Waals surface area contributed by atoms with Crippen LogP contribution in [0.1, 0.15) is 41.3 Å². The smallest absolute Gasteiger partial charge is 0.251 e. The summed E-state index contributed by atoms with van der Waals surface area (Å²) in [5, 5.41) is 2.94. The maximum atomic E-state index is 12.3. The molecule has 5 heteroatoms. The predicted octanol–water partition coefficient (Wildman–Crippen LogP) is 3.51. The highest BCUT2D eigenvalue weighted by atomic mass is 16.5. The van der Waals surface area contributed by atoms with Crippen molar-refractivity contribution in [3.63, 3.8) is 0 Å². The zero-order chi connectivity index (χ0) is 17.6. The Hall–Kier alpha value is -2.56. The summed E-state index contributed by atoms with van der Waals surface area (Å²) in [5.74, 6) is 2.01. The summed E-state index contributed by atoms with van der Waals surface area (Å²) in [7, 11) is 0.